The van der Waals surface area contributed by atoms with Gasteiger partial charge >= 0.3 is 0 Å². The van der Waals surface area contributed by atoms with Crippen LogP contribution < -0.4 is 10.5 Å². The molecule has 4 rings (SSSR count). The Morgan fingerprint density at radius 1 is 1.05 bits per heavy atom. The fourth-order valence-corrected chi connectivity index (χ4v) is 2.66. The van der Waals surface area contributed by atoms with Crippen molar-refractivity contribution in [3.8, 4) is 22.7 Å². The number of aromatic nitrogens is 2. The summed E-state index contributed by atoms with van der Waals surface area (Å²) in [5.74, 6) is 1.61. The summed E-state index contributed by atoms with van der Waals surface area (Å²) in [4.78, 5) is 0. The molecule has 0 fully saturated rings. The van der Waals surface area contributed by atoms with Gasteiger partial charge in [0.2, 0.25) is 0 Å². The number of nitrogens with two attached hydrogens (primary N) is 1. The molecule has 0 radical (unpaired) electrons. The van der Waals surface area contributed by atoms with Gasteiger partial charge in [0.05, 0.1) is 18.0 Å². The standard InChI is InChI=1S/C17H15N3O/c18-17-11-15(19-20(17)14-4-2-1-3-5-14)12-6-7-16-13(10-12)8-9-21-16/h1-7,10-11H,8-9,18H2. The van der Waals surface area contributed by atoms with Crippen LogP contribution in [-0.2, 0) is 6.42 Å². The SMILES string of the molecule is Nc1cc(-c2ccc3c(c2)CCO3)nn1-c1ccccc1. The third kappa shape index (κ3) is 2.05. The van der Waals surface area contributed by atoms with E-state index in [1.807, 2.05) is 48.5 Å². The van der Waals surface area contributed by atoms with Crippen molar-refractivity contribution in [2.45, 2.75) is 6.42 Å². The van der Waals surface area contributed by atoms with E-state index in [9.17, 15) is 0 Å². The van der Waals surface area contributed by atoms with Crippen molar-refractivity contribution in [2.24, 2.45) is 0 Å². The van der Waals surface area contributed by atoms with Crippen LogP contribution in [0.3, 0.4) is 0 Å². The highest BCUT2D eigenvalue weighted by molar-refractivity contribution is 5.66. The number of benzene rings is 2. The van der Waals surface area contributed by atoms with Gasteiger partial charge in [-0.15, -0.1) is 0 Å². The highest BCUT2D eigenvalue weighted by Crippen LogP contribution is 2.31. The van der Waals surface area contributed by atoms with E-state index in [4.69, 9.17) is 10.5 Å². The first-order valence-corrected chi connectivity index (χ1v) is 6.98. The Morgan fingerprint density at radius 2 is 1.90 bits per heavy atom. The number of nitrogen functional groups attached to an aromatic ring is 1. The summed E-state index contributed by atoms with van der Waals surface area (Å²) in [6.07, 6.45) is 0.956. The van der Waals surface area contributed by atoms with Gasteiger partial charge < -0.3 is 10.5 Å². The largest absolute Gasteiger partial charge is 0.493 e. The molecule has 1 aliphatic rings. The quantitative estimate of drug-likeness (QED) is 0.783. The highest BCUT2D eigenvalue weighted by atomic mass is 16.5. The zero-order valence-corrected chi connectivity index (χ0v) is 11.5. The Labute approximate surface area is 122 Å². The van der Waals surface area contributed by atoms with Gasteiger partial charge in [-0.2, -0.15) is 5.10 Å². The van der Waals surface area contributed by atoms with E-state index in [1.165, 1.54) is 5.56 Å². The number of rotatable bonds is 2. The maximum atomic E-state index is 6.10. The fourth-order valence-electron chi connectivity index (χ4n) is 2.66. The number of hydrogen-bond acceptors (Lipinski definition) is 3. The molecular formula is C17H15N3O. The van der Waals surface area contributed by atoms with E-state index in [-0.39, 0.29) is 0 Å². The summed E-state index contributed by atoms with van der Waals surface area (Å²) in [6, 6.07) is 18.0. The van der Waals surface area contributed by atoms with Crippen LogP contribution in [0.4, 0.5) is 5.82 Å². The van der Waals surface area contributed by atoms with Crippen molar-refractivity contribution in [1.29, 1.82) is 0 Å². The predicted octanol–water partition coefficient (Wildman–Crippen LogP) is 3.06. The molecule has 104 valence electrons. The average Bonchev–Trinajstić information content (AvgIpc) is 3.13. The summed E-state index contributed by atoms with van der Waals surface area (Å²) in [5, 5.41) is 4.63. The second kappa shape index (κ2) is 4.66. The molecule has 0 saturated heterocycles. The lowest BCUT2D eigenvalue weighted by atomic mass is 10.1. The van der Waals surface area contributed by atoms with Crippen LogP contribution >= 0.6 is 0 Å². The lowest BCUT2D eigenvalue weighted by Gasteiger charge is -2.03. The number of para-hydroxylation sites is 1. The molecule has 21 heavy (non-hydrogen) atoms. The smallest absolute Gasteiger partial charge is 0.127 e. The minimum Gasteiger partial charge on any atom is -0.493 e. The van der Waals surface area contributed by atoms with E-state index in [0.29, 0.717) is 5.82 Å². The van der Waals surface area contributed by atoms with Crippen LogP contribution in [-0.4, -0.2) is 16.4 Å². The van der Waals surface area contributed by atoms with Gasteiger partial charge in [-0.3, -0.25) is 0 Å². The van der Waals surface area contributed by atoms with Gasteiger partial charge in [0, 0.05) is 18.1 Å². The van der Waals surface area contributed by atoms with Crippen molar-refractivity contribution in [2.75, 3.05) is 12.3 Å². The second-order valence-corrected chi connectivity index (χ2v) is 5.12. The number of ether oxygens (including phenoxy) is 1. The van der Waals surface area contributed by atoms with E-state index >= 15 is 0 Å². The molecule has 3 aromatic rings. The molecular weight excluding hydrogens is 262 g/mol. The number of anilines is 1. The molecule has 1 aliphatic heterocycles. The van der Waals surface area contributed by atoms with Gasteiger partial charge in [0.1, 0.15) is 11.6 Å². The Balaban J connectivity index is 1.77. The molecule has 0 spiro atoms. The molecule has 2 heterocycles. The third-order valence-corrected chi connectivity index (χ3v) is 3.72. The highest BCUT2D eigenvalue weighted by Gasteiger charge is 2.15. The lowest BCUT2D eigenvalue weighted by molar-refractivity contribution is 0.357. The Hall–Kier alpha value is -2.75. The Morgan fingerprint density at radius 3 is 2.76 bits per heavy atom. The van der Waals surface area contributed by atoms with Crippen LogP contribution in [0.1, 0.15) is 5.56 Å². The van der Waals surface area contributed by atoms with Gasteiger partial charge in [0.15, 0.2) is 0 Å². The van der Waals surface area contributed by atoms with Crippen molar-refractivity contribution >= 4 is 5.82 Å². The van der Waals surface area contributed by atoms with Crippen molar-refractivity contribution in [3.63, 3.8) is 0 Å². The van der Waals surface area contributed by atoms with Crippen molar-refractivity contribution in [3.05, 3.63) is 60.2 Å². The maximum Gasteiger partial charge on any atom is 0.127 e. The molecule has 4 nitrogen and oxygen atoms in total. The topological polar surface area (TPSA) is 53.1 Å². The molecule has 0 bridgehead atoms. The molecule has 1 aromatic heterocycles. The molecule has 0 aliphatic carbocycles. The first-order chi connectivity index (χ1) is 10.3. The summed E-state index contributed by atoms with van der Waals surface area (Å²) < 4.78 is 7.30. The second-order valence-electron chi connectivity index (χ2n) is 5.12. The molecule has 0 atom stereocenters. The van der Waals surface area contributed by atoms with Crippen LogP contribution in [0.5, 0.6) is 5.75 Å². The van der Waals surface area contributed by atoms with Crippen molar-refractivity contribution < 1.29 is 4.74 Å². The zero-order chi connectivity index (χ0) is 14.2. The van der Waals surface area contributed by atoms with Gasteiger partial charge in [-0.25, -0.2) is 4.68 Å². The van der Waals surface area contributed by atoms with Gasteiger partial charge in [0.25, 0.3) is 0 Å². The molecule has 2 aromatic carbocycles. The summed E-state index contributed by atoms with van der Waals surface area (Å²) >= 11 is 0. The van der Waals surface area contributed by atoms with Crippen LogP contribution in [0.2, 0.25) is 0 Å². The van der Waals surface area contributed by atoms with Gasteiger partial charge in [-0.05, 0) is 35.9 Å². The van der Waals surface area contributed by atoms with E-state index in [0.717, 1.165) is 35.7 Å². The zero-order valence-electron chi connectivity index (χ0n) is 11.5. The van der Waals surface area contributed by atoms with E-state index < -0.39 is 0 Å². The third-order valence-electron chi connectivity index (χ3n) is 3.72. The van der Waals surface area contributed by atoms with Crippen LogP contribution in [0.15, 0.2) is 54.6 Å². The summed E-state index contributed by atoms with van der Waals surface area (Å²) in [5.41, 5.74) is 10.3. The average molecular weight is 277 g/mol. The molecule has 0 amide bonds. The number of fused-ring (bicyclic) bond motifs is 1. The molecule has 2 N–H and O–H groups in total. The van der Waals surface area contributed by atoms with Crippen molar-refractivity contribution in [1.82, 2.24) is 9.78 Å². The molecule has 0 saturated carbocycles. The normalized spacial score (nSPS) is 13.0. The molecule has 4 heteroatoms. The summed E-state index contributed by atoms with van der Waals surface area (Å²) in [7, 11) is 0. The Bertz CT molecular complexity index is 793. The van der Waals surface area contributed by atoms with E-state index in [2.05, 4.69) is 11.2 Å². The first-order valence-electron chi connectivity index (χ1n) is 6.98. The summed E-state index contributed by atoms with van der Waals surface area (Å²) in [6.45, 7) is 0.763. The van der Waals surface area contributed by atoms with Gasteiger partial charge in [-0.1, -0.05) is 18.2 Å². The molecule has 0 unspecified atom stereocenters. The van der Waals surface area contributed by atoms with Crippen LogP contribution in [0, 0.1) is 0 Å². The lowest BCUT2D eigenvalue weighted by Crippen LogP contribution is -2.01. The fraction of sp³-hybridized carbons (Fsp3) is 0.118. The maximum absolute atomic E-state index is 6.10. The van der Waals surface area contributed by atoms with E-state index in [1.54, 1.807) is 4.68 Å². The Kier molecular flexibility index (Phi) is 2.67. The number of nitrogens with zero attached hydrogens (tertiary/aromatic N) is 2. The minimum atomic E-state index is 0.632. The van der Waals surface area contributed by atoms with Crippen LogP contribution in [0.25, 0.3) is 16.9 Å². The monoisotopic (exact) mass is 277 g/mol. The predicted molar refractivity (Wildman–Crippen MR) is 82.6 cm³/mol. The number of hydrogen-bond donors (Lipinski definition) is 1. The minimum absolute atomic E-state index is 0.632. The first kappa shape index (κ1) is 12.0.